The van der Waals surface area contributed by atoms with Crippen molar-refractivity contribution in [1.29, 1.82) is 0 Å². The minimum absolute atomic E-state index is 0.186. The Morgan fingerprint density at radius 1 is 1.43 bits per heavy atom. The summed E-state index contributed by atoms with van der Waals surface area (Å²) < 4.78 is 7.04. The zero-order chi connectivity index (χ0) is 16.4. The number of carbonyl (C=O) groups is 1. The molecule has 0 fully saturated rings. The first-order valence-electron chi connectivity index (χ1n) is 7.43. The van der Waals surface area contributed by atoms with Crippen molar-refractivity contribution in [2.75, 3.05) is 6.54 Å². The van der Waals surface area contributed by atoms with Crippen LogP contribution in [0.3, 0.4) is 0 Å². The molecule has 0 aliphatic carbocycles. The number of rotatable bonds is 5. The van der Waals surface area contributed by atoms with Crippen LogP contribution in [0.2, 0.25) is 0 Å². The zero-order valence-electron chi connectivity index (χ0n) is 13.4. The minimum atomic E-state index is -0.186. The summed E-state index contributed by atoms with van der Waals surface area (Å²) in [6.45, 7) is 4.42. The Labute approximate surface area is 133 Å². The second-order valence-electron chi connectivity index (χ2n) is 5.42. The van der Waals surface area contributed by atoms with Crippen LogP contribution in [-0.4, -0.2) is 32.4 Å². The number of aryl methyl sites for hydroxylation is 2. The third-order valence-electron chi connectivity index (χ3n) is 3.82. The number of furan rings is 1. The van der Waals surface area contributed by atoms with E-state index in [9.17, 15) is 4.79 Å². The summed E-state index contributed by atoms with van der Waals surface area (Å²) >= 11 is 0. The summed E-state index contributed by atoms with van der Waals surface area (Å²) in [5.41, 5.74) is 4.02. The molecule has 3 aromatic heterocycles. The van der Waals surface area contributed by atoms with E-state index in [4.69, 9.17) is 4.42 Å². The third kappa shape index (κ3) is 3.03. The lowest BCUT2D eigenvalue weighted by Crippen LogP contribution is -2.25. The van der Waals surface area contributed by atoms with Crippen LogP contribution in [0, 0.1) is 13.8 Å². The van der Waals surface area contributed by atoms with Gasteiger partial charge >= 0.3 is 0 Å². The molecule has 3 aromatic rings. The molecule has 0 aliphatic rings. The van der Waals surface area contributed by atoms with Crippen LogP contribution in [0.4, 0.5) is 0 Å². The van der Waals surface area contributed by atoms with Gasteiger partial charge in [-0.25, -0.2) is 0 Å². The van der Waals surface area contributed by atoms with Gasteiger partial charge in [0.15, 0.2) is 0 Å². The maximum atomic E-state index is 12.2. The van der Waals surface area contributed by atoms with Gasteiger partial charge in [0.2, 0.25) is 0 Å². The molecule has 2 N–H and O–H groups in total. The van der Waals surface area contributed by atoms with Crippen LogP contribution in [0.25, 0.3) is 11.3 Å². The first-order valence-corrected chi connectivity index (χ1v) is 7.43. The van der Waals surface area contributed by atoms with Crippen LogP contribution in [0.1, 0.15) is 27.6 Å². The van der Waals surface area contributed by atoms with Crippen LogP contribution in [-0.2, 0) is 13.5 Å². The van der Waals surface area contributed by atoms with Crippen molar-refractivity contribution in [2.45, 2.75) is 20.3 Å². The Hall–Kier alpha value is -2.83. The predicted octanol–water partition coefficient (Wildman–Crippen LogP) is 1.99. The molecular weight excluding hydrogens is 294 g/mol. The zero-order valence-corrected chi connectivity index (χ0v) is 13.4. The lowest BCUT2D eigenvalue weighted by molar-refractivity contribution is 0.0948. The average molecular weight is 313 g/mol. The molecule has 7 heteroatoms. The maximum Gasteiger partial charge on any atom is 0.269 e. The van der Waals surface area contributed by atoms with Crippen molar-refractivity contribution in [3.63, 3.8) is 0 Å². The normalized spacial score (nSPS) is 10.9. The summed E-state index contributed by atoms with van der Waals surface area (Å²) in [5.74, 6) is 0.659. The number of carbonyl (C=O) groups excluding carboxylic acids is 1. The van der Waals surface area contributed by atoms with Gasteiger partial charge in [0.25, 0.3) is 5.91 Å². The smallest absolute Gasteiger partial charge is 0.269 e. The average Bonchev–Trinajstić information content (AvgIpc) is 3.22. The Morgan fingerprint density at radius 3 is 2.91 bits per heavy atom. The van der Waals surface area contributed by atoms with E-state index in [1.165, 1.54) is 0 Å². The number of aromatic nitrogens is 4. The van der Waals surface area contributed by atoms with E-state index in [0.717, 1.165) is 28.4 Å². The van der Waals surface area contributed by atoms with Gasteiger partial charge in [-0.15, -0.1) is 0 Å². The first kappa shape index (κ1) is 15.1. The highest BCUT2D eigenvalue weighted by atomic mass is 16.3. The monoisotopic (exact) mass is 313 g/mol. The van der Waals surface area contributed by atoms with Gasteiger partial charge in [0.05, 0.1) is 17.7 Å². The molecule has 0 saturated carbocycles. The van der Waals surface area contributed by atoms with Crippen molar-refractivity contribution < 1.29 is 9.21 Å². The summed E-state index contributed by atoms with van der Waals surface area (Å²) in [7, 11) is 1.89. The molecule has 0 saturated heterocycles. The molecule has 1 amide bonds. The fourth-order valence-corrected chi connectivity index (χ4v) is 2.56. The van der Waals surface area contributed by atoms with Gasteiger partial charge in [-0.05, 0) is 32.0 Å². The summed E-state index contributed by atoms with van der Waals surface area (Å²) in [6.07, 6.45) is 2.28. The van der Waals surface area contributed by atoms with Gasteiger partial charge < -0.3 is 9.73 Å². The summed E-state index contributed by atoms with van der Waals surface area (Å²) in [4.78, 5) is 12.2. The highest BCUT2D eigenvalue weighted by molar-refractivity contribution is 5.93. The van der Waals surface area contributed by atoms with E-state index in [1.54, 1.807) is 12.3 Å². The lowest BCUT2D eigenvalue weighted by atomic mass is 10.1. The number of amides is 1. The SMILES string of the molecule is Cc1nn(C)c(C)c1-c1cc(C(=O)NCCc2ccco2)[nH]n1. The van der Waals surface area contributed by atoms with Crippen LogP contribution in [0.5, 0.6) is 0 Å². The number of H-pyrrole nitrogens is 1. The van der Waals surface area contributed by atoms with Crippen LogP contribution in [0.15, 0.2) is 28.9 Å². The third-order valence-corrected chi connectivity index (χ3v) is 3.82. The van der Waals surface area contributed by atoms with E-state index in [0.29, 0.717) is 18.7 Å². The van der Waals surface area contributed by atoms with E-state index in [-0.39, 0.29) is 5.91 Å². The molecule has 0 aliphatic heterocycles. The molecule has 0 spiro atoms. The maximum absolute atomic E-state index is 12.2. The van der Waals surface area contributed by atoms with E-state index in [1.807, 2.05) is 37.7 Å². The molecule has 23 heavy (non-hydrogen) atoms. The Balaban J connectivity index is 1.67. The highest BCUT2D eigenvalue weighted by Gasteiger charge is 2.17. The molecule has 3 rings (SSSR count). The number of nitrogens with zero attached hydrogens (tertiary/aromatic N) is 3. The molecule has 0 radical (unpaired) electrons. The lowest BCUT2D eigenvalue weighted by Gasteiger charge is -2.01. The molecule has 0 unspecified atom stereocenters. The highest BCUT2D eigenvalue weighted by Crippen LogP contribution is 2.25. The van der Waals surface area contributed by atoms with Crippen molar-refractivity contribution in [1.82, 2.24) is 25.3 Å². The van der Waals surface area contributed by atoms with Gasteiger partial charge in [-0.3, -0.25) is 14.6 Å². The second-order valence-corrected chi connectivity index (χ2v) is 5.42. The largest absolute Gasteiger partial charge is 0.469 e. The first-order chi connectivity index (χ1) is 11.1. The Kier molecular flexibility index (Phi) is 4.01. The van der Waals surface area contributed by atoms with Crippen molar-refractivity contribution in [3.8, 4) is 11.3 Å². The fourth-order valence-electron chi connectivity index (χ4n) is 2.56. The van der Waals surface area contributed by atoms with E-state index >= 15 is 0 Å². The number of aromatic amines is 1. The van der Waals surface area contributed by atoms with Crippen molar-refractivity contribution >= 4 is 5.91 Å². The van der Waals surface area contributed by atoms with Crippen molar-refractivity contribution in [3.05, 3.63) is 47.3 Å². The molecule has 0 atom stereocenters. The Morgan fingerprint density at radius 2 is 2.26 bits per heavy atom. The number of hydrogen-bond donors (Lipinski definition) is 2. The quantitative estimate of drug-likeness (QED) is 0.754. The van der Waals surface area contributed by atoms with Gasteiger partial charge in [-0.2, -0.15) is 10.2 Å². The topological polar surface area (TPSA) is 88.7 Å². The van der Waals surface area contributed by atoms with E-state index < -0.39 is 0 Å². The van der Waals surface area contributed by atoms with Gasteiger partial charge in [0, 0.05) is 31.3 Å². The summed E-state index contributed by atoms with van der Waals surface area (Å²) in [5, 5.41) is 14.2. The fraction of sp³-hybridized carbons (Fsp3) is 0.312. The molecule has 120 valence electrons. The van der Waals surface area contributed by atoms with Gasteiger partial charge in [-0.1, -0.05) is 0 Å². The minimum Gasteiger partial charge on any atom is -0.469 e. The van der Waals surface area contributed by atoms with E-state index in [2.05, 4.69) is 20.6 Å². The predicted molar refractivity (Wildman–Crippen MR) is 85.0 cm³/mol. The molecule has 3 heterocycles. The molecule has 0 aromatic carbocycles. The van der Waals surface area contributed by atoms with Gasteiger partial charge in [0.1, 0.15) is 11.5 Å². The second kappa shape index (κ2) is 6.12. The standard InChI is InChI=1S/C16H19N5O2/c1-10-15(11(2)21(3)20-10)13-9-14(19-18-13)16(22)17-7-6-12-5-4-8-23-12/h4-5,8-9H,6-7H2,1-3H3,(H,17,22)(H,18,19). The number of nitrogens with one attached hydrogen (secondary N) is 2. The molecule has 0 bridgehead atoms. The van der Waals surface area contributed by atoms with Crippen LogP contribution < -0.4 is 5.32 Å². The number of hydrogen-bond acceptors (Lipinski definition) is 4. The van der Waals surface area contributed by atoms with Crippen molar-refractivity contribution in [2.24, 2.45) is 7.05 Å². The molecular formula is C16H19N5O2. The molecule has 7 nitrogen and oxygen atoms in total. The summed E-state index contributed by atoms with van der Waals surface area (Å²) in [6, 6.07) is 5.46. The van der Waals surface area contributed by atoms with Crippen LogP contribution >= 0.6 is 0 Å². The Bertz CT molecular complexity index is 814.